The summed E-state index contributed by atoms with van der Waals surface area (Å²) in [6.45, 7) is 8.44. The van der Waals surface area contributed by atoms with Crippen LogP contribution in [0.1, 0.15) is 30.3 Å². The van der Waals surface area contributed by atoms with Crippen molar-refractivity contribution in [1.82, 2.24) is 14.8 Å². The van der Waals surface area contributed by atoms with Crippen LogP contribution in [0.2, 0.25) is 0 Å². The lowest BCUT2D eigenvalue weighted by atomic mass is 10.1. The summed E-state index contributed by atoms with van der Waals surface area (Å²) >= 11 is 1.76. The zero-order valence-corrected chi connectivity index (χ0v) is 12.2. The first-order chi connectivity index (χ1) is 8.63. The lowest BCUT2D eigenvalue weighted by molar-refractivity contribution is 0.865. The number of aryl methyl sites for hydroxylation is 3. The summed E-state index contributed by atoms with van der Waals surface area (Å²) in [5.74, 6) is 2.01. The highest BCUT2D eigenvalue weighted by atomic mass is 32.2. The normalized spacial score (nSPS) is 10.9. The molecule has 18 heavy (non-hydrogen) atoms. The van der Waals surface area contributed by atoms with E-state index in [0.29, 0.717) is 0 Å². The lowest BCUT2D eigenvalue weighted by Gasteiger charge is -2.10. The summed E-state index contributed by atoms with van der Waals surface area (Å²) in [5, 5.41) is 9.43. The van der Waals surface area contributed by atoms with Gasteiger partial charge in [0, 0.05) is 11.4 Å². The van der Waals surface area contributed by atoms with Gasteiger partial charge in [0.15, 0.2) is 5.16 Å². The predicted octanol–water partition coefficient (Wildman–Crippen LogP) is 3.69. The minimum Gasteiger partial charge on any atom is -0.274 e. The Balaban J connectivity index is 2.42. The van der Waals surface area contributed by atoms with Crippen LogP contribution in [0.15, 0.2) is 23.4 Å². The van der Waals surface area contributed by atoms with Gasteiger partial charge in [0.1, 0.15) is 5.82 Å². The molecular weight excluding hydrogens is 242 g/mol. The van der Waals surface area contributed by atoms with Crippen molar-refractivity contribution in [1.29, 1.82) is 0 Å². The van der Waals surface area contributed by atoms with Crippen molar-refractivity contribution in [2.45, 2.75) is 39.3 Å². The largest absolute Gasteiger partial charge is 0.274 e. The van der Waals surface area contributed by atoms with Crippen LogP contribution in [0.4, 0.5) is 0 Å². The zero-order chi connectivity index (χ0) is 13.1. The van der Waals surface area contributed by atoms with Gasteiger partial charge in [-0.25, -0.2) is 0 Å². The van der Waals surface area contributed by atoms with E-state index >= 15 is 0 Å². The Hall–Kier alpha value is -1.29. The van der Waals surface area contributed by atoms with Crippen LogP contribution < -0.4 is 0 Å². The summed E-state index contributed by atoms with van der Waals surface area (Å²) in [7, 11) is 0. The molecule has 0 bridgehead atoms. The molecule has 0 fully saturated rings. The van der Waals surface area contributed by atoms with Gasteiger partial charge in [-0.15, -0.1) is 10.2 Å². The fraction of sp³-hybridized carbons (Fsp3) is 0.429. The fourth-order valence-electron chi connectivity index (χ4n) is 1.79. The molecule has 0 amide bonds. The third-order valence-electron chi connectivity index (χ3n) is 2.98. The molecule has 0 aliphatic rings. The smallest absolute Gasteiger partial charge is 0.195 e. The molecular formula is C14H19N3S. The molecule has 0 aliphatic heterocycles. The number of nitrogens with zero attached hydrogens (tertiary/aromatic N) is 3. The van der Waals surface area contributed by atoms with Crippen molar-refractivity contribution in [2.24, 2.45) is 0 Å². The maximum atomic E-state index is 4.26. The van der Waals surface area contributed by atoms with Gasteiger partial charge < -0.3 is 0 Å². The molecule has 0 aliphatic carbocycles. The molecule has 0 saturated heterocycles. The van der Waals surface area contributed by atoms with Crippen LogP contribution in [0, 0.1) is 20.8 Å². The van der Waals surface area contributed by atoms with E-state index in [1.807, 2.05) is 6.92 Å². The Morgan fingerprint density at radius 3 is 2.56 bits per heavy atom. The monoisotopic (exact) mass is 261 g/mol. The Morgan fingerprint density at radius 2 is 1.89 bits per heavy atom. The molecule has 0 N–H and O–H groups in total. The Kier molecular flexibility index (Phi) is 4.07. The summed E-state index contributed by atoms with van der Waals surface area (Å²) in [4.78, 5) is 0. The Labute approximate surface area is 113 Å². The van der Waals surface area contributed by atoms with E-state index in [1.54, 1.807) is 11.8 Å². The Morgan fingerprint density at radius 1 is 1.11 bits per heavy atom. The first-order valence-corrected chi connectivity index (χ1v) is 7.24. The zero-order valence-electron chi connectivity index (χ0n) is 11.4. The molecule has 0 spiro atoms. The number of hydrogen-bond donors (Lipinski definition) is 0. The van der Waals surface area contributed by atoms with E-state index in [2.05, 4.69) is 53.7 Å². The highest BCUT2D eigenvalue weighted by molar-refractivity contribution is 7.99. The highest BCUT2D eigenvalue weighted by Gasteiger charge is 2.11. The minimum absolute atomic E-state index is 0.942. The lowest BCUT2D eigenvalue weighted by Crippen LogP contribution is -2.00. The van der Waals surface area contributed by atoms with E-state index in [4.69, 9.17) is 0 Å². The topological polar surface area (TPSA) is 30.7 Å². The van der Waals surface area contributed by atoms with Crippen molar-refractivity contribution in [2.75, 3.05) is 5.75 Å². The highest BCUT2D eigenvalue weighted by Crippen LogP contribution is 2.23. The van der Waals surface area contributed by atoms with Crippen LogP contribution >= 0.6 is 11.8 Å². The Bertz CT molecular complexity index is 546. The molecule has 0 saturated carbocycles. The molecule has 3 nitrogen and oxygen atoms in total. The van der Waals surface area contributed by atoms with Crippen LogP contribution in [-0.2, 0) is 0 Å². The quantitative estimate of drug-likeness (QED) is 0.786. The number of hydrogen-bond acceptors (Lipinski definition) is 3. The summed E-state index contributed by atoms with van der Waals surface area (Å²) < 4.78 is 2.13. The SMILES string of the molecule is CCCSc1nnc(C)n1-c1ccc(C)c(C)c1. The molecule has 0 unspecified atom stereocenters. The van der Waals surface area contributed by atoms with E-state index in [-0.39, 0.29) is 0 Å². The average Bonchev–Trinajstić information content (AvgIpc) is 2.71. The standard InChI is InChI=1S/C14H19N3S/c1-5-8-18-14-16-15-12(4)17(14)13-7-6-10(2)11(3)9-13/h6-7,9H,5,8H2,1-4H3. The van der Waals surface area contributed by atoms with Crippen molar-refractivity contribution in [3.05, 3.63) is 35.2 Å². The molecule has 0 atom stereocenters. The van der Waals surface area contributed by atoms with Crippen molar-refractivity contribution < 1.29 is 0 Å². The second-order valence-corrected chi connectivity index (χ2v) is 5.54. The van der Waals surface area contributed by atoms with E-state index in [1.165, 1.54) is 11.1 Å². The van der Waals surface area contributed by atoms with E-state index in [9.17, 15) is 0 Å². The number of rotatable bonds is 4. The predicted molar refractivity (Wildman–Crippen MR) is 76.6 cm³/mol. The molecule has 4 heteroatoms. The number of aromatic nitrogens is 3. The maximum absolute atomic E-state index is 4.26. The van der Waals surface area contributed by atoms with Gasteiger partial charge in [-0.2, -0.15) is 0 Å². The third-order valence-corrected chi connectivity index (χ3v) is 4.11. The van der Waals surface area contributed by atoms with Gasteiger partial charge in [0.2, 0.25) is 0 Å². The molecule has 1 heterocycles. The number of thioether (sulfide) groups is 1. The van der Waals surface area contributed by atoms with Gasteiger partial charge in [-0.1, -0.05) is 24.8 Å². The van der Waals surface area contributed by atoms with Gasteiger partial charge in [-0.3, -0.25) is 4.57 Å². The molecule has 2 rings (SSSR count). The second kappa shape index (κ2) is 5.57. The van der Waals surface area contributed by atoms with Gasteiger partial charge in [0.25, 0.3) is 0 Å². The van der Waals surface area contributed by atoms with Crippen molar-refractivity contribution >= 4 is 11.8 Å². The maximum Gasteiger partial charge on any atom is 0.195 e. The van der Waals surface area contributed by atoms with Crippen LogP contribution in [0.25, 0.3) is 5.69 Å². The van der Waals surface area contributed by atoms with Crippen LogP contribution in [-0.4, -0.2) is 20.5 Å². The second-order valence-electron chi connectivity index (χ2n) is 4.48. The molecule has 1 aromatic carbocycles. The van der Waals surface area contributed by atoms with Gasteiger partial charge in [0.05, 0.1) is 0 Å². The summed E-state index contributed by atoms with van der Waals surface area (Å²) in [6, 6.07) is 6.48. The van der Waals surface area contributed by atoms with E-state index in [0.717, 1.165) is 28.8 Å². The van der Waals surface area contributed by atoms with Crippen molar-refractivity contribution in [3.8, 4) is 5.69 Å². The van der Waals surface area contributed by atoms with Gasteiger partial charge in [-0.05, 0) is 50.5 Å². The summed E-state index contributed by atoms with van der Waals surface area (Å²) in [6.07, 6.45) is 1.14. The first kappa shape index (κ1) is 13.1. The molecule has 1 aromatic heterocycles. The van der Waals surface area contributed by atoms with Crippen LogP contribution in [0.3, 0.4) is 0 Å². The average molecular weight is 261 g/mol. The number of benzene rings is 1. The molecule has 0 radical (unpaired) electrons. The van der Waals surface area contributed by atoms with Crippen molar-refractivity contribution in [3.63, 3.8) is 0 Å². The molecule has 96 valence electrons. The minimum atomic E-state index is 0.942. The molecule has 2 aromatic rings. The van der Waals surface area contributed by atoms with E-state index < -0.39 is 0 Å². The first-order valence-electron chi connectivity index (χ1n) is 6.26. The summed E-state index contributed by atoms with van der Waals surface area (Å²) in [5.41, 5.74) is 3.76. The van der Waals surface area contributed by atoms with Crippen LogP contribution in [0.5, 0.6) is 0 Å². The third kappa shape index (κ3) is 2.58. The fourth-order valence-corrected chi connectivity index (χ4v) is 2.64. The van der Waals surface area contributed by atoms with Gasteiger partial charge >= 0.3 is 0 Å².